The van der Waals surface area contributed by atoms with Crippen LogP contribution in [-0.2, 0) is 12.8 Å². The van der Waals surface area contributed by atoms with Gasteiger partial charge in [-0.3, -0.25) is 0 Å². The molecule has 0 aliphatic heterocycles. The third kappa shape index (κ3) is 4.49. The van der Waals surface area contributed by atoms with Crippen molar-refractivity contribution in [2.75, 3.05) is 0 Å². The monoisotopic (exact) mass is 386 g/mol. The van der Waals surface area contributed by atoms with E-state index >= 15 is 4.39 Å². The van der Waals surface area contributed by atoms with E-state index in [1.807, 2.05) is 31.2 Å². The maximum absolute atomic E-state index is 15.3. The fourth-order valence-corrected chi connectivity index (χ4v) is 3.48. The first kappa shape index (κ1) is 20.2. The van der Waals surface area contributed by atoms with Crippen LogP contribution >= 0.6 is 0 Å². The van der Waals surface area contributed by atoms with Crippen LogP contribution in [0.15, 0.2) is 48.5 Å². The molecule has 0 saturated carbocycles. The van der Waals surface area contributed by atoms with Gasteiger partial charge in [-0.15, -0.1) is 0 Å². The van der Waals surface area contributed by atoms with Gasteiger partial charge in [0.15, 0.2) is 0 Å². The van der Waals surface area contributed by atoms with Crippen LogP contribution in [0.4, 0.5) is 13.2 Å². The van der Waals surface area contributed by atoms with Crippen molar-refractivity contribution in [3.63, 3.8) is 0 Å². The highest BCUT2D eigenvalue weighted by Crippen LogP contribution is 2.39. The van der Waals surface area contributed by atoms with Crippen LogP contribution in [0.2, 0.25) is 0 Å². The average molecular weight is 386 g/mol. The van der Waals surface area contributed by atoms with Gasteiger partial charge in [0.2, 0.25) is 0 Å². The van der Waals surface area contributed by atoms with Gasteiger partial charge in [-0.25, -0.2) is 4.39 Å². The molecule has 0 amide bonds. The molecule has 3 aromatic carbocycles. The molecule has 4 heteroatoms. The van der Waals surface area contributed by atoms with Crippen LogP contribution in [0.1, 0.15) is 44.2 Å². The van der Waals surface area contributed by atoms with Crippen LogP contribution in [0.3, 0.4) is 0 Å². The number of unbranched alkanes of at least 4 members (excludes halogenated alkanes) is 2. The highest BCUT2D eigenvalue weighted by atomic mass is 19.3. The van der Waals surface area contributed by atoms with E-state index in [1.165, 1.54) is 6.07 Å². The van der Waals surface area contributed by atoms with Crippen LogP contribution in [0, 0.1) is 5.82 Å². The van der Waals surface area contributed by atoms with Crippen molar-refractivity contribution < 1.29 is 17.9 Å². The van der Waals surface area contributed by atoms with Crippen molar-refractivity contribution in [3.05, 3.63) is 65.5 Å². The molecule has 0 unspecified atom stereocenters. The summed E-state index contributed by atoms with van der Waals surface area (Å²) in [7, 11) is 0. The summed E-state index contributed by atoms with van der Waals surface area (Å²) in [5.74, 6) is -0.665. The van der Waals surface area contributed by atoms with E-state index < -0.39 is 12.4 Å². The standard InChI is InChI=1S/C24H25F3O/c1-3-5-6-7-17-8-11-18(12-9-17)22-21(28-24(26)27)15-19-14-16(4-2)10-13-20(19)23(22)25/h8-15,24H,3-7H2,1-2H3. The van der Waals surface area contributed by atoms with Gasteiger partial charge < -0.3 is 4.74 Å². The molecule has 0 radical (unpaired) electrons. The lowest BCUT2D eigenvalue weighted by atomic mass is 9.96. The maximum atomic E-state index is 15.3. The van der Waals surface area contributed by atoms with Gasteiger partial charge in [0.05, 0.1) is 5.56 Å². The number of hydrogen-bond acceptors (Lipinski definition) is 1. The zero-order valence-corrected chi connectivity index (χ0v) is 16.3. The second-order valence-electron chi connectivity index (χ2n) is 7.01. The first-order chi connectivity index (χ1) is 13.5. The first-order valence-corrected chi connectivity index (χ1v) is 9.82. The third-order valence-corrected chi connectivity index (χ3v) is 5.04. The van der Waals surface area contributed by atoms with Crippen molar-refractivity contribution in [1.29, 1.82) is 0 Å². The summed E-state index contributed by atoms with van der Waals surface area (Å²) in [5.41, 5.74) is 2.78. The van der Waals surface area contributed by atoms with E-state index in [0.717, 1.165) is 43.2 Å². The normalized spacial score (nSPS) is 11.4. The maximum Gasteiger partial charge on any atom is 0.387 e. The van der Waals surface area contributed by atoms with Gasteiger partial charge in [-0.2, -0.15) is 8.78 Å². The van der Waals surface area contributed by atoms with Crippen molar-refractivity contribution in [3.8, 4) is 16.9 Å². The van der Waals surface area contributed by atoms with Crippen LogP contribution in [0.25, 0.3) is 21.9 Å². The highest BCUT2D eigenvalue weighted by Gasteiger charge is 2.19. The molecular weight excluding hydrogens is 361 g/mol. The van der Waals surface area contributed by atoms with Gasteiger partial charge in [0, 0.05) is 5.39 Å². The van der Waals surface area contributed by atoms with E-state index in [-0.39, 0.29) is 11.3 Å². The predicted molar refractivity (Wildman–Crippen MR) is 109 cm³/mol. The molecule has 0 bridgehead atoms. The molecule has 0 heterocycles. The Labute approximate surface area is 164 Å². The van der Waals surface area contributed by atoms with Crippen molar-refractivity contribution in [2.24, 2.45) is 0 Å². The van der Waals surface area contributed by atoms with E-state index in [9.17, 15) is 8.78 Å². The van der Waals surface area contributed by atoms with Gasteiger partial charge in [-0.05, 0) is 47.4 Å². The molecule has 0 saturated heterocycles. The topological polar surface area (TPSA) is 9.23 Å². The summed E-state index contributed by atoms with van der Waals surface area (Å²) in [6, 6.07) is 14.3. The molecule has 0 fully saturated rings. The van der Waals surface area contributed by atoms with Crippen LogP contribution in [0.5, 0.6) is 5.75 Å². The zero-order chi connectivity index (χ0) is 20.1. The second kappa shape index (κ2) is 9.13. The number of hydrogen-bond donors (Lipinski definition) is 0. The Morgan fingerprint density at radius 2 is 1.61 bits per heavy atom. The molecular formula is C24H25F3O. The number of alkyl halides is 2. The lowest BCUT2D eigenvalue weighted by Crippen LogP contribution is -2.05. The molecule has 0 N–H and O–H groups in total. The Balaban J connectivity index is 2.06. The van der Waals surface area contributed by atoms with Crippen LogP contribution in [-0.4, -0.2) is 6.61 Å². The highest BCUT2D eigenvalue weighted by molar-refractivity contribution is 5.92. The second-order valence-corrected chi connectivity index (χ2v) is 7.01. The molecule has 1 nitrogen and oxygen atoms in total. The Morgan fingerprint density at radius 1 is 0.893 bits per heavy atom. The molecule has 0 aliphatic rings. The number of halogens is 3. The Hall–Kier alpha value is -2.49. The average Bonchev–Trinajstić information content (AvgIpc) is 2.68. The summed E-state index contributed by atoms with van der Waals surface area (Å²) in [6.45, 7) is 1.13. The van der Waals surface area contributed by atoms with E-state index in [1.54, 1.807) is 18.2 Å². The minimum absolute atomic E-state index is 0.0807. The molecule has 3 rings (SSSR count). The van der Waals surface area contributed by atoms with Gasteiger partial charge in [-0.1, -0.05) is 69.2 Å². The minimum Gasteiger partial charge on any atom is -0.434 e. The van der Waals surface area contributed by atoms with Crippen LogP contribution < -0.4 is 4.74 Å². The zero-order valence-electron chi connectivity index (χ0n) is 16.3. The van der Waals surface area contributed by atoms with Gasteiger partial charge in [0.25, 0.3) is 0 Å². The fourth-order valence-electron chi connectivity index (χ4n) is 3.48. The molecule has 0 spiro atoms. The summed E-state index contributed by atoms with van der Waals surface area (Å²) in [4.78, 5) is 0. The van der Waals surface area contributed by atoms with E-state index in [4.69, 9.17) is 4.74 Å². The van der Waals surface area contributed by atoms with E-state index in [2.05, 4.69) is 6.92 Å². The Morgan fingerprint density at radius 3 is 2.25 bits per heavy atom. The number of rotatable bonds is 8. The predicted octanol–water partition coefficient (Wildman–Crippen LogP) is 7.54. The Kier molecular flexibility index (Phi) is 6.61. The summed E-state index contributed by atoms with van der Waals surface area (Å²) < 4.78 is 46.0. The van der Waals surface area contributed by atoms with Crippen molar-refractivity contribution in [2.45, 2.75) is 52.6 Å². The molecule has 28 heavy (non-hydrogen) atoms. The molecule has 0 atom stereocenters. The molecule has 3 aromatic rings. The Bertz CT molecular complexity index is 933. The lowest BCUT2D eigenvalue weighted by molar-refractivity contribution is -0.0494. The number of aryl methyl sites for hydroxylation is 2. The van der Waals surface area contributed by atoms with Crippen molar-refractivity contribution in [1.82, 2.24) is 0 Å². The summed E-state index contributed by atoms with van der Waals surface area (Å²) >= 11 is 0. The smallest absolute Gasteiger partial charge is 0.387 e. The summed E-state index contributed by atoms with van der Waals surface area (Å²) in [5, 5.41) is 0.966. The summed E-state index contributed by atoms with van der Waals surface area (Å²) in [6.07, 6.45) is 5.14. The first-order valence-electron chi connectivity index (χ1n) is 9.82. The third-order valence-electron chi connectivity index (χ3n) is 5.04. The van der Waals surface area contributed by atoms with Crippen molar-refractivity contribution >= 4 is 10.8 Å². The van der Waals surface area contributed by atoms with Gasteiger partial charge in [0.1, 0.15) is 11.6 Å². The number of ether oxygens (including phenoxy) is 1. The molecule has 0 aliphatic carbocycles. The lowest BCUT2D eigenvalue weighted by Gasteiger charge is -2.15. The molecule has 0 aromatic heterocycles. The molecule has 148 valence electrons. The number of benzene rings is 3. The fraction of sp³-hybridized carbons (Fsp3) is 0.333. The SMILES string of the molecule is CCCCCc1ccc(-c2c(OC(F)F)cc3cc(CC)ccc3c2F)cc1. The minimum atomic E-state index is -3.02. The quantitative estimate of drug-likeness (QED) is 0.363. The van der Waals surface area contributed by atoms with E-state index in [0.29, 0.717) is 16.3 Å². The largest absolute Gasteiger partial charge is 0.434 e. The number of fused-ring (bicyclic) bond motifs is 1. The van der Waals surface area contributed by atoms with Gasteiger partial charge >= 0.3 is 6.61 Å².